The molecule has 0 radical (unpaired) electrons. The highest BCUT2D eigenvalue weighted by atomic mass is 16.3. The van der Waals surface area contributed by atoms with Gasteiger partial charge < -0.3 is 9.73 Å². The van der Waals surface area contributed by atoms with Gasteiger partial charge in [-0.15, -0.1) is 0 Å². The highest BCUT2D eigenvalue weighted by molar-refractivity contribution is 5.79. The van der Waals surface area contributed by atoms with Crippen LogP contribution in [0.2, 0.25) is 0 Å². The molecule has 3 heterocycles. The Labute approximate surface area is 157 Å². The molecule has 2 saturated heterocycles. The van der Waals surface area contributed by atoms with Crippen LogP contribution >= 0.6 is 0 Å². The molecule has 4 rings (SSSR count). The molecule has 5 nitrogen and oxygen atoms in total. The van der Waals surface area contributed by atoms with E-state index in [1.165, 1.54) is 25.7 Å². The van der Waals surface area contributed by atoms with E-state index in [0.717, 1.165) is 63.5 Å². The molecule has 3 fully saturated rings. The quantitative estimate of drug-likeness (QED) is 0.848. The van der Waals surface area contributed by atoms with Gasteiger partial charge in [0.25, 0.3) is 0 Å². The zero-order valence-electron chi connectivity index (χ0n) is 16.1. The van der Waals surface area contributed by atoms with E-state index >= 15 is 0 Å². The first-order valence-corrected chi connectivity index (χ1v) is 10.6. The number of aryl methyl sites for hydroxylation is 1. The van der Waals surface area contributed by atoms with Crippen LogP contribution in [0.3, 0.4) is 0 Å². The molecule has 144 valence electrons. The van der Waals surface area contributed by atoms with E-state index in [2.05, 4.69) is 34.2 Å². The topological polar surface area (TPSA) is 48.7 Å². The van der Waals surface area contributed by atoms with Crippen molar-refractivity contribution in [1.82, 2.24) is 15.1 Å². The lowest BCUT2D eigenvalue weighted by Crippen LogP contribution is -2.50. The molecule has 0 spiro atoms. The molecule has 1 saturated carbocycles. The monoisotopic (exact) mass is 359 g/mol. The molecule has 1 atom stereocenters. The zero-order chi connectivity index (χ0) is 17.9. The van der Waals surface area contributed by atoms with Crippen LogP contribution in [0.15, 0.2) is 16.5 Å². The summed E-state index contributed by atoms with van der Waals surface area (Å²) >= 11 is 0. The van der Waals surface area contributed by atoms with Gasteiger partial charge in [-0.05, 0) is 57.2 Å². The fourth-order valence-corrected chi connectivity index (χ4v) is 4.46. The summed E-state index contributed by atoms with van der Waals surface area (Å²) in [5.41, 5.74) is 0. The smallest absolute Gasteiger partial charge is 0.224 e. The summed E-state index contributed by atoms with van der Waals surface area (Å²) in [4.78, 5) is 17.5. The third-order valence-corrected chi connectivity index (χ3v) is 6.27. The van der Waals surface area contributed by atoms with Crippen molar-refractivity contribution in [3.05, 3.63) is 23.7 Å². The summed E-state index contributed by atoms with van der Waals surface area (Å²) < 4.78 is 5.86. The molecule has 0 bridgehead atoms. The Hall–Kier alpha value is -1.33. The SMILES string of the molecule is CCc1ccc(CN2CCC(N3CCC[C@H](C(=O)NC4CC4)C3)CC2)o1. The van der Waals surface area contributed by atoms with E-state index in [1.54, 1.807) is 0 Å². The molecule has 1 aromatic heterocycles. The van der Waals surface area contributed by atoms with Crippen LogP contribution in [-0.4, -0.2) is 54.0 Å². The van der Waals surface area contributed by atoms with Gasteiger partial charge in [-0.25, -0.2) is 0 Å². The second kappa shape index (κ2) is 8.13. The second-order valence-corrected chi connectivity index (χ2v) is 8.35. The maximum atomic E-state index is 12.4. The Morgan fingerprint density at radius 3 is 2.58 bits per heavy atom. The number of piperidine rings is 2. The van der Waals surface area contributed by atoms with Crippen LogP contribution in [0.5, 0.6) is 0 Å². The van der Waals surface area contributed by atoms with E-state index in [1.807, 2.05) is 0 Å². The standard InChI is InChI=1S/C21H33N3O2/c1-2-19-7-8-20(26-19)15-23-12-9-18(10-13-23)24-11-3-4-16(14-24)21(25)22-17-5-6-17/h7-8,16-18H,2-6,9-15H2,1H3,(H,22,25)/t16-/m0/s1. The van der Waals surface area contributed by atoms with E-state index < -0.39 is 0 Å². The van der Waals surface area contributed by atoms with Gasteiger partial charge in [0.05, 0.1) is 12.5 Å². The highest BCUT2D eigenvalue weighted by Crippen LogP contribution is 2.26. The number of furan rings is 1. The summed E-state index contributed by atoms with van der Waals surface area (Å²) in [6, 6.07) is 5.35. The summed E-state index contributed by atoms with van der Waals surface area (Å²) in [5.74, 6) is 2.69. The number of likely N-dealkylation sites (tertiary alicyclic amines) is 2. The summed E-state index contributed by atoms with van der Waals surface area (Å²) in [7, 11) is 0. The normalized spacial score (nSPS) is 26.1. The lowest BCUT2D eigenvalue weighted by molar-refractivity contribution is -0.127. The Kier molecular flexibility index (Phi) is 5.65. The molecule has 1 N–H and O–H groups in total. The van der Waals surface area contributed by atoms with Crippen molar-refractivity contribution in [3.8, 4) is 0 Å². The Morgan fingerprint density at radius 2 is 1.88 bits per heavy atom. The van der Waals surface area contributed by atoms with Crippen molar-refractivity contribution in [2.24, 2.45) is 5.92 Å². The van der Waals surface area contributed by atoms with E-state index in [0.29, 0.717) is 18.0 Å². The Balaban J connectivity index is 1.23. The largest absolute Gasteiger partial charge is 0.465 e. The summed E-state index contributed by atoms with van der Waals surface area (Å²) in [5, 5.41) is 3.20. The minimum Gasteiger partial charge on any atom is -0.465 e. The van der Waals surface area contributed by atoms with Crippen molar-refractivity contribution < 1.29 is 9.21 Å². The van der Waals surface area contributed by atoms with E-state index in [9.17, 15) is 4.79 Å². The number of hydrogen-bond donors (Lipinski definition) is 1. The minimum absolute atomic E-state index is 0.206. The Bertz CT molecular complexity index is 602. The van der Waals surface area contributed by atoms with E-state index in [4.69, 9.17) is 4.42 Å². The fraction of sp³-hybridized carbons (Fsp3) is 0.762. The van der Waals surface area contributed by atoms with Gasteiger partial charge in [-0.2, -0.15) is 0 Å². The predicted molar refractivity (Wildman–Crippen MR) is 102 cm³/mol. The number of carbonyl (C=O) groups is 1. The van der Waals surface area contributed by atoms with Crippen LogP contribution in [-0.2, 0) is 17.8 Å². The Morgan fingerprint density at radius 1 is 1.12 bits per heavy atom. The molecule has 5 heteroatoms. The first-order chi connectivity index (χ1) is 12.7. The van der Waals surface area contributed by atoms with Crippen LogP contribution < -0.4 is 5.32 Å². The summed E-state index contributed by atoms with van der Waals surface area (Å²) in [6.45, 7) is 7.44. The number of amides is 1. The molecule has 0 aromatic carbocycles. The number of hydrogen-bond acceptors (Lipinski definition) is 4. The van der Waals surface area contributed by atoms with Crippen molar-refractivity contribution in [3.63, 3.8) is 0 Å². The molecule has 1 aromatic rings. The van der Waals surface area contributed by atoms with Gasteiger partial charge in [-0.1, -0.05) is 6.92 Å². The lowest BCUT2D eigenvalue weighted by atomic mass is 9.93. The van der Waals surface area contributed by atoms with Crippen molar-refractivity contribution in [1.29, 1.82) is 0 Å². The van der Waals surface area contributed by atoms with Gasteiger partial charge in [-0.3, -0.25) is 14.6 Å². The number of carbonyl (C=O) groups excluding carboxylic acids is 1. The third-order valence-electron chi connectivity index (χ3n) is 6.27. The minimum atomic E-state index is 0.206. The maximum Gasteiger partial charge on any atom is 0.224 e. The van der Waals surface area contributed by atoms with Gasteiger partial charge in [0, 0.05) is 38.1 Å². The average molecular weight is 360 g/mol. The van der Waals surface area contributed by atoms with Gasteiger partial charge in [0.15, 0.2) is 0 Å². The molecular weight excluding hydrogens is 326 g/mol. The predicted octanol–water partition coefficient (Wildman–Crippen LogP) is 2.80. The number of nitrogens with zero attached hydrogens (tertiary/aromatic N) is 2. The maximum absolute atomic E-state index is 12.4. The van der Waals surface area contributed by atoms with Crippen molar-refractivity contribution in [2.75, 3.05) is 26.2 Å². The lowest BCUT2D eigenvalue weighted by Gasteiger charge is -2.41. The van der Waals surface area contributed by atoms with Crippen molar-refractivity contribution in [2.45, 2.75) is 70.5 Å². The van der Waals surface area contributed by atoms with Crippen LogP contribution in [0, 0.1) is 5.92 Å². The zero-order valence-corrected chi connectivity index (χ0v) is 16.1. The summed E-state index contributed by atoms with van der Waals surface area (Å²) in [6.07, 6.45) is 7.95. The third kappa shape index (κ3) is 4.49. The molecule has 26 heavy (non-hydrogen) atoms. The molecular formula is C21H33N3O2. The fourth-order valence-electron chi connectivity index (χ4n) is 4.46. The van der Waals surface area contributed by atoms with Crippen LogP contribution in [0.25, 0.3) is 0 Å². The number of nitrogens with one attached hydrogen (secondary N) is 1. The number of rotatable bonds is 6. The molecule has 3 aliphatic rings. The van der Waals surface area contributed by atoms with Gasteiger partial charge in [0.2, 0.25) is 5.91 Å². The molecule has 1 amide bonds. The average Bonchev–Trinajstić information content (AvgIpc) is 3.38. The van der Waals surface area contributed by atoms with E-state index in [-0.39, 0.29) is 5.92 Å². The van der Waals surface area contributed by atoms with Gasteiger partial charge in [0.1, 0.15) is 11.5 Å². The van der Waals surface area contributed by atoms with Gasteiger partial charge >= 0.3 is 0 Å². The van der Waals surface area contributed by atoms with Crippen LogP contribution in [0.4, 0.5) is 0 Å². The molecule has 2 aliphatic heterocycles. The molecule has 0 unspecified atom stereocenters. The second-order valence-electron chi connectivity index (χ2n) is 8.35. The first kappa shape index (κ1) is 18.1. The highest BCUT2D eigenvalue weighted by Gasteiger charge is 2.33. The van der Waals surface area contributed by atoms with Crippen LogP contribution in [0.1, 0.15) is 57.0 Å². The first-order valence-electron chi connectivity index (χ1n) is 10.6. The molecule has 1 aliphatic carbocycles. The van der Waals surface area contributed by atoms with Crippen molar-refractivity contribution >= 4 is 5.91 Å².